The second-order valence-corrected chi connectivity index (χ2v) is 3.34. The SMILES string of the molecule is NC(=O)Nc1nnc(-c2ccc(Cl)cc2)o1. The summed E-state index contributed by atoms with van der Waals surface area (Å²) in [4.78, 5) is 10.5. The zero-order valence-corrected chi connectivity index (χ0v) is 8.73. The first-order valence-corrected chi connectivity index (χ1v) is 4.69. The van der Waals surface area contributed by atoms with Gasteiger partial charge in [-0.15, -0.1) is 5.10 Å². The van der Waals surface area contributed by atoms with Crippen LogP contribution in [0.1, 0.15) is 0 Å². The van der Waals surface area contributed by atoms with Gasteiger partial charge in [0.1, 0.15) is 0 Å². The van der Waals surface area contributed by atoms with Crippen LogP contribution in [0.3, 0.4) is 0 Å². The first kappa shape index (κ1) is 10.4. The summed E-state index contributed by atoms with van der Waals surface area (Å²) in [7, 11) is 0. The monoisotopic (exact) mass is 238 g/mol. The van der Waals surface area contributed by atoms with Crippen molar-refractivity contribution in [2.24, 2.45) is 5.73 Å². The number of nitrogens with two attached hydrogens (primary N) is 1. The summed E-state index contributed by atoms with van der Waals surface area (Å²) in [6.45, 7) is 0. The predicted molar refractivity (Wildman–Crippen MR) is 58.0 cm³/mol. The van der Waals surface area contributed by atoms with Crippen LogP contribution in [0.5, 0.6) is 0 Å². The zero-order chi connectivity index (χ0) is 11.5. The van der Waals surface area contributed by atoms with Crippen LogP contribution in [0.2, 0.25) is 5.02 Å². The van der Waals surface area contributed by atoms with Crippen molar-refractivity contribution in [1.29, 1.82) is 0 Å². The van der Waals surface area contributed by atoms with E-state index in [1.807, 2.05) is 0 Å². The average Bonchev–Trinajstić information content (AvgIpc) is 2.66. The van der Waals surface area contributed by atoms with Gasteiger partial charge in [-0.2, -0.15) is 0 Å². The highest BCUT2D eigenvalue weighted by atomic mass is 35.5. The summed E-state index contributed by atoms with van der Waals surface area (Å²) in [5.41, 5.74) is 5.60. The molecule has 7 heteroatoms. The smallest absolute Gasteiger partial charge is 0.324 e. The maximum Gasteiger partial charge on any atom is 0.324 e. The van der Waals surface area contributed by atoms with E-state index < -0.39 is 6.03 Å². The number of primary amides is 1. The largest absolute Gasteiger partial charge is 0.403 e. The van der Waals surface area contributed by atoms with Crippen molar-refractivity contribution >= 4 is 23.6 Å². The van der Waals surface area contributed by atoms with Gasteiger partial charge in [-0.1, -0.05) is 16.7 Å². The topological polar surface area (TPSA) is 94.0 Å². The first-order chi connectivity index (χ1) is 7.65. The van der Waals surface area contributed by atoms with E-state index in [4.69, 9.17) is 21.8 Å². The average molecular weight is 239 g/mol. The van der Waals surface area contributed by atoms with E-state index >= 15 is 0 Å². The summed E-state index contributed by atoms with van der Waals surface area (Å²) < 4.78 is 5.14. The van der Waals surface area contributed by atoms with Crippen molar-refractivity contribution in [2.75, 3.05) is 5.32 Å². The molecule has 1 aromatic carbocycles. The molecule has 2 rings (SSSR count). The second-order valence-electron chi connectivity index (χ2n) is 2.91. The van der Waals surface area contributed by atoms with Gasteiger partial charge in [0.15, 0.2) is 0 Å². The molecule has 0 atom stereocenters. The number of hydrogen-bond acceptors (Lipinski definition) is 4. The molecule has 0 saturated carbocycles. The molecule has 2 aromatic rings. The Kier molecular flexibility index (Phi) is 2.74. The van der Waals surface area contributed by atoms with Gasteiger partial charge >= 0.3 is 12.0 Å². The molecular weight excluding hydrogens is 232 g/mol. The summed E-state index contributed by atoms with van der Waals surface area (Å²) in [5, 5.41) is 10.1. The normalized spacial score (nSPS) is 10.1. The molecule has 0 saturated heterocycles. The lowest BCUT2D eigenvalue weighted by Gasteiger charge is -1.94. The standard InChI is InChI=1S/C9H7ClN4O2/c10-6-3-1-5(2-4-6)7-13-14-9(16-7)12-8(11)15/h1-4H,(H3,11,12,14,15). The van der Waals surface area contributed by atoms with Gasteiger partial charge in [-0.3, -0.25) is 5.32 Å². The maximum atomic E-state index is 10.5. The van der Waals surface area contributed by atoms with E-state index in [-0.39, 0.29) is 11.9 Å². The van der Waals surface area contributed by atoms with Gasteiger partial charge in [0, 0.05) is 10.6 Å². The molecule has 0 fully saturated rings. The highest BCUT2D eigenvalue weighted by Crippen LogP contribution is 2.21. The third-order valence-electron chi connectivity index (χ3n) is 1.75. The molecule has 0 unspecified atom stereocenters. The number of hydrogen-bond donors (Lipinski definition) is 2. The van der Waals surface area contributed by atoms with E-state index in [9.17, 15) is 4.79 Å². The Morgan fingerprint density at radius 2 is 2.00 bits per heavy atom. The van der Waals surface area contributed by atoms with Crippen molar-refractivity contribution in [3.05, 3.63) is 29.3 Å². The predicted octanol–water partition coefficient (Wildman–Crippen LogP) is 1.88. The highest BCUT2D eigenvalue weighted by Gasteiger charge is 2.09. The zero-order valence-electron chi connectivity index (χ0n) is 7.98. The second kappa shape index (κ2) is 4.19. The van der Waals surface area contributed by atoms with Crippen molar-refractivity contribution in [3.63, 3.8) is 0 Å². The van der Waals surface area contributed by atoms with E-state index in [2.05, 4.69) is 15.5 Å². The fourth-order valence-corrected chi connectivity index (χ4v) is 1.21. The number of amides is 2. The Hall–Kier alpha value is -2.08. The van der Waals surface area contributed by atoms with Crippen LogP contribution >= 0.6 is 11.6 Å². The van der Waals surface area contributed by atoms with Crippen LogP contribution in [0.4, 0.5) is 10.8 Å². The lowest BCUT2D eigenvalue weighted by Crippen LogP contribution is -2.19. The van der Waals surface area contributed by atoms with E-state index in [1.54, 1.807) is 24.3 Å². The molecule has 6 nitrogen and oxygen atoms in total. The number of carbonyl (C=O) groups excluding carboxylic acids is 1. The minimum atomic E-state index is -0.758. The van der Waals surface area contributed by atoms with Gasteiger partial charge in [-0.05, 0) is 24.3 Å². The van der Waals surface area contributed by atoms with E-state index in [0.717, 1.165) is 0 Å². The summed E-state index contributed by atoms with van der Waals surface area (Å²) in [6.07, 6.45) is 0. The number of anilines is 1. The molecule has 0 bridgehead atoms. The number of nitrogens with one attached hydrogen (secondary N) is 1. The van der Waals surface area contributed by atoms with Crippen molar-refractivity contribution < 1.29 is 9.21 Å². The van der Waals surface area contributed by atoms with Crippen molar-refractivity contribution in [2.45, 2.75) is 0 Å². The van der Waals surface area contributed by atoms with Crippen molar-refractivity contribution in [3.8, 4) is 11.5 Å². The number of aromatic nitrogens is 2. The molecule has 0 aliphatic heterocycles. The maximum absolute atomic E-state index is 10.5. The quantitative estimate of drug-likeness (QED) is 0.835. The van der Waals surface area contributed by atoms with E-state index in [1.165, 1.54) is 0 Å². The lowest BCUT2D eigenvalue weighted by molar-refractivity contribution is 0.258. The Morgan fingerprint density at radius 3 is 2.62 bits per heavy atom. The Bertz CT molecular complexity index is 508. The van der Waals surface area contributed by atoms with Gasteiger partial charge in [0.25, 0.3) is 0 Å². The Labute approximate surface area is 95.4 Å². The molecule has 16 heavy (non-hydrogen) atoms. The third-order valence-corrected chi connectivity index (χ3v) is 2.00. The summed E-state index contributed by atoms with van der Waals surface area (Å²) in [5.74, 6) is 0.278. The fraction of sp³-hybridized carbons (Fsp3) is 0. The van der Waals surface area contributed by atoms with Crippen LogP contribution in [-0.4, -0.2) is 16.2 Å². The van der Waals surface area contributed by atoms with Crippen LogP contribution in [0.25, 0.3) is 11.5 Å². The number of benzene rings is 1. The number of urea groups is 1. The molecule has 2 amide bonds. The molecule has 82 valence electrons. The molecule has 3 N–H and O–H groups in total. The third kappa shape index (κ3) is 2.29. The minimum absolute atomic E-state index is 0.0440. The number of carbonyl (C=O) groups is 1. The molecule has 0 aliphatic carbocycles. The highest BCUT2D eigenvalue weighted by molar-refractivity contribution is 6.30. The minimum Gasteiger partial charge on any atom is -0.403 e. The van der Waals surface area contributed by atoms with Crippen LogP contribution in [0, 0.1) is 0 Å². The number of nitrogens with zero attached hydrogens (tertiary/aromatic N) is 2. The van der Waals surface area contributed by atoms with Crippen LogP contribution in [0.15, 0.2) is 28.7 Å². The van der Waals surface area contributed by atoms with E-state index in [0.29, 0.717) is 10.6 Å². The first-order valence-electron chi connectivity index (χ1n) is 4.31. The Morgan fingerprint density at radius 1 is 1.31 bits per heavy atom. The summed E-state index contributed by atoms with van der Waals surface area (Å²) in [6, 6.07) is 6.04. The Balaban J connectivity index is 2.24. The number of halogens is 1. The lowest BCUT2D eigenvalue weighted by atomic mass is 10.2. The van der Waals surface area contributed by atoms with Gasteiger partial charge in [0.2, 0.25) is 5.89 Å². The van der Waals surface area contributed by atoms with Gasteiger partial charge < -0.3 is 10.2 Å². The number of rotatable bonds is 2. The molecular formula is C9H7ClN4O2. The van der Waals surface area contributed by atoms with Gasteiger partial charge in [-0.25, -0.2) is 4.79 Å². The fourth-order valence-electron chi connectivity index (χ4n) is 1.09. The van der Waals surface area contributed by atoms with Crippen LogP contribution < -0.4 is 11.1 Å². The summed E-state index contributed by atoms with van der Waals surface area (Å²) >= 11 is 5.73. The van der Waals surface area contributed by atoms with Gasteiger partial charge in [0.05, 0.1) is 0 Å². The molecule has 1 heterocycles. The molecule has 1 aromatic heterocycles. The van der Waals surface area contributed by atoms with Crippen LogP contribution in [-0.2, 0) is 0 Å². The molecule has 0 aliphatic rings. The molecule has 0 spiro atoms. The van der Waals surface area contributed by atoms with Crippen molar-refractivity contribution in [1.82, 2.24) is 10.2 Å². The molecule has 0 radical (unpaired) electrons.